The summed E-state index contributed by atoms with van der Waals surface area (Å²) in [5, 5.41) is 3.28. The molecule has 0 bridgehead atoms. The van der Waals surface area contributed by atoms with E-state index in [0.717, 1.165) is 13.0 Å². The summed E-state index contributed by atoms with van der Waals surface area (Å²) in [6.07, 6.45) is 5.11. The zero-order valence-electron chi connectivity index (χ0n) is 5.98. The largest absolute Gasteiger partial charge is 0.374 e. The van der Waals surface area contributed by atoms with Gasteiger partial charge in [-0.05, 0) is 12.8 Å². The summed E-state index contributed by atoms with van der Waals surface area (Å²) in [4.78, 5) is 4.11. The molecule has 1 saturated heterocycles. The highest BCUT2D eigenvalue weighted by molar-refractivity contribution is 5.82. The van der Waals surface area contributed by atoms with Gasteiger partial charge in [-0.3, -0.25) is 4.99 Å². The van der Waals surface area contributed by atoms with E-state index < -0.39 is 0 Å². The summed E-state index contributed by atoms with van der Waals surface area (Å²) in [6.45, 7) is 1.12. The topological polar surface area (TPSA) is 24.4 Å². The smallest absolute Gasteiger partial charge is 0.0959 e. The molecular weight excluding hydrogens is 112 g/mol. The number of aliphatic imine (C=N–C) groups is 1. The van der Waals surface area contributed by atoms with E-state index in [0.29, 0.717) is 0 Å². The van der Waals surface area contributed by atoms with Crippen molar-refractivity contribution in [1.82, 2.24) is 5.32 Å². The number of nitrogens with zero attached hydrogens (tertiary/aromatic N) is 1. The Morgan fingerprint density at radius 1 is 1.33 bits per heavy atom. The lowest BCUT2D eigenvalue weighted by Gasteiger charge is -2.00. The van der Waals surface area contributed by atoms with Crippen molar-refractivity contribution in [2.45, 2.75) is 25.7 Å². The van der Waals surface area contributed by atoms with Crippen LogP contribution in [0.3, 0.4) is 0 Å². The Balaban J connectivity index is 2.36. The van der Waals surface area contributed by atoms with Crippen molar-refractivity contribution in [3.8, 4) is 0 Å². The Hall–Kier alpha value is -0.530. The highest BCUT2D eigenvalue weighted by Crippen LogP contribution is 2.03. The van der Waals surface area contributed by atoms with Gasteiger partial charge in [0.05, 0.1) is 5.84 Å². The van der Waals surface area contributed by atoms with Gasteiger partial charge in [-0.25, -0.2) is 0 Å². The van der Waals surface area contributed by atoms with E-state index in [-0.39, 0.29) is 0 Å². The maximum absolute atomic E-state index is 4.11. The molecule has 52 valence electrons. The Labute approximate surface area is 56.4 Å². The van der Waals surface area contributed by atoms with Gasteiger partial charge in [0.25, 0.3) is 0 Å². The third kappa shape index (κ3) is 2.04. The fourth-order valence-electron chi connectivity index (χ4n) is 1.11. The van der Waals surface area contributed by atoms with Crippen molar-refractivity contribution in [1.29, 1.82) is 0 Å². The summed E-state index contributed by atoms with van der Waals surface area (Å²) in [5.41, 5.74) is 0. The third-order valence-electron chi connectivity index (χ3n) is 1.69. The first kappa shape index (κ1) is 6.59. The summed E-state index contributed by atoms with van der Waals surface area (Å²) in [6, 6.07) is 0. The molecule has 1 aliphatic rings. The molecule has 0 radical (unpaired) electrons. The van der Waals surface area contributed by atoms with Crippen molar-refractivity contribution in [3.63, 3.8) is 0 Å². The Morgan fingerprint density at radius 2 is 2.22 bits per heavy atom. The van der Waals surface area contributed by atoms with Gasteiger partial charge < -0.3 is 5.32 Å². The highest BCUT2D eigenvalue weighted by atomic mass is 15.0. The van der Waals surface area contributed by atoms with Gasteiger partial charge in [-0.2, -0.15) is 0 Å². The average Bonchev–Trinajstić information content (AvgIpc) is 2.13. The van der Waals surface area contributed by atoms with Gasteiger partial charge in [0.15, 0.2) is 0 Å². The molecule has 1 fully saturated rings. The fraction of sp³-hybridized carbons (Fsp3) is 0.857. The first-order valence-electron chi connectivity index (χ1n) is 3.63. The van der Waals surface area contributed by atoms with Gasteiger partial charge in [0.1, 0.15) is 0 Å². The van der Waals surface area contributed by atoms with E-state index in [1.807, 2.05) is 7.05 Å². The molecule has 0 unspecified atom stereocenters. The van der Waals surface area contributed by atoms with Crippen LogP contribution in [0.25, 0.3) is 0 Å². The van der Waals surface area contributed by atoms with E-state index >= 15 is 0 Å². The Bertz CT molecular complexity index is 97.5. The molecule has 0 aromatic carbocycles. The lowest BCUT2D eigenvalue weighted by atomic mass is 10.2. The van der Waals surface area contributed by atoms with E-state index in [1.54, 1.807) is 0 Å². The molecule has 1 N–H and O–H groups in total. The molecular formula is C7H14N2. The van der Waals surface area contributed by atoms with Crippen LogP contribution in [-0.4, -0.2) is 19.4 Å². The standard InChI is InChI=1S/C7H14N2/c1-8-7-5-3-2-4-6-9-7/h2-6H2,1H3,(H,8,9). The van der Waals surface area contributed by atoms with Crippen LogP contribution in [0.4, 0.5) is 0 Å². The van der Waals surface area contributed by atoms with Crippen molar-refractivity contribution in [3.05, 3.63) is 0 Å². The first-order chi connectivity index (χ1) is 4.43. The van der Waals surface area contributed by atoms with Crippen LogP contribution < -0.4 is 5.32 Å². The molecule has 0 amide bonds. The molecule has 2 heteroatoms. The monoisotopic (exact) mass is 126 g/mol. The SMILES string of the molecule is CN=C1CCCCCN1. The molecule has 0 aromatic rings. The molecule has 2 nitrogen and oxygen atoms in total. The molecule has 0 spiro atoms. The predicted octanol–water partition coefficient (Wildman–Crippen LogP) is 1.18. The maximum atomic E-state index is 4.11. The predicted molar refractivity (Wildman–Crippen MR) is 39.8 cm³/mol. The van der Waals surface area contributed by atoms with Crippen molar-refractivity contribution >= 4 is 5.84 Å². The van der Waals surface area contributed by atoms with Crippen LogP contribution in [0, 0.1) is 0 Å². The van der Waals surface area contributed by atoms with Gasteiger partial charge in [-0.1, -0.05) is 6.42 Å². The van der Waals surface area contributed by atoms with Crippen LogP contribution >= 0.6 is 0 Å². The maximum Gasteiger partial charge on any atom is 0.0959 e. The van der Waals surface area contributed by atoms with Gasteiger partial charge >= 0.3 is 0 Å². The zero-order chi connectivity index (χ0) is 6.53. The molecule has 0 atom stereocenters. The molecule has 1 rings (SSSR count). The molecule has 0 saturated carbocycles. The third-order valence-corrected chi connectivity index (χ3v) is 1.69. The summed E-state index contributed by atoms with van der Waals surface area (Å²) >= 11 is 0. The van der Waals surface area contributed by atoms with E-state index in [2.05, 4.69) is 10.3 Å². The average molecular weight is 126 g/mol. The summed E-state index contributed by atoms with van der Waals surface area (Å²) in [5.74, 6) is 1.19. The van der Waals surface area contributed by atoms with E-state index in [4.69, 9.17) is 0 Å². The number of nitrogens with one attached hydrogen (secondary N) is 1. The lowest BCUT2D eigenvalue weighted by Crippen LogP contribution is -2.21. The first-order valence-corrected chi connectivity index (χ1v) is 3.63. The molecule has 0 aromatic heterocycles. The zero-order valence-corrected chi connectivity index (χ0v) is 5.98. The van der Waals surface area contributed by atoms with Crippen LogP contribution in [-0.2, 0) is 0 Å². The van der Waals surface area contributed by atoms with Crippen LogP contribution in [0.1, 0.15) is 25.7 Å². The van der Waals surface area contributed by atoms with Crippen molar-refractivity contribution in [2.75, 3.05) is 13.6 Å². The number of hydrogen-bond acceptors (Lipinski definition) is 1. The second-order valence-electron chi connectivity index (χ2n) is 2.41. The normalized spacial score (nSPS) is 25.2. The van der Waals surface area contributed by atoms with Crippen LogP contribution in [0.15, 0.2) is 4.99 Å². The second-order valence-corrected chi connectivity index (χ2v) is 2.41. The van der Waals surface area contributed by atoms with Crippen molar-refractivity contribution in [2.24, 2.45) is 4.99 Å². The Kier molecular flexibility index (Phi) is 2.55. The quantitative estimate of drug-likeness (QED) is 0.518. The lowest BCUT2D eigenvalue weighted by molar-refractivity contribution is 0.721. The highest BCUT2D eigenvalue weighted by Gasteiger charge is 2.01. The fourth-order valence-corrected chi connectivity index (χ4v) is 1.11. The number of rotatable bonds is 0. The molecule has 0 aliphatic carbocycles. The van der Waals surface area contributed by atoms with Crippen LogP contribution in [0.5, 0.6) is 0 Å². The van der Waals surface area contributed by atoms with E-state index in [1.165, 1.54) is 25.1 Å². The van der Waals surface area contributed by atoms with Gasteiger partial charge in [0, 0.05) is 20.0 Å². The molecule has 1 heterocycles. The van der Waals surface area contributed by atoms with Crippen LogP contribution in [0.2, 0.25) is 0 Å². The minimum Gasteiger partial charge on any atom is -0.374 e. The van der Waals surface area contributed by atoms with Crippen molar-refractivity contribution < 1.29 is 0 Å². The second kappa shape index (κ2) is 3.49. The summed E-state index contributed by atoms with van der Waals surface area (Å²) < 4.78 is 0. The number of hydrogen-bond donors (Lipinski definition) is 1. The minimum absolute atomic E-state index is 1.12. The van der Waals surface area contributed by atoms with Gasteiger partial charge in [0.2, 0.25) is 0 Å². The molecule has 1 aliphatic heterocycles. The van der Waals surface area contributed by atoms with E-state index in [9.17, 15) is 0 Å². The minimum atomic E-state index is 1.12. The molecule has 9 heavy (non-hydrogen) atoms. The number of amidine groups is 1. The Morgan fingerprint density at radius 3 is 3.00 bits per heavy atom. The summed E-state index contributed by atoms with van der Waals surface area (Å²) in [7, 11) is 1.85. The van der Waals surface area contributed by atoms with Gasteiger partial charge in [-0.15, -0.1) is 0 Å².